The lowest BCUT2D eigenvalue weighted by Gasteiger charge is -2.12. The molecule has 0 rings (SSSR count). The summed E-state index contributed by atoms with van der Waals surface area (Å²) >= 11 is 0. The van der Waals surface area contributed by atoms with E-state index in [4.69, 9.17) is 0 Å². The van der Waals surface area contributed by atoms with Crippen molar-refractivity contribution in [2.45, 2.75) is 33.6 Å². The Morgan fingerprint density at radius 2 is 1.57 bits per heavy atom. The van der Waals surface area contributed by atoms with Gasteiger partial charge in [-0.2, -0.15) is 0 Å². The number of hydrogen-bond donors (Lipinski definition) is 2. The molecule has 0 aliphatic rings. The maximum absolute atomic E-state index is 11.1. The van der Waals surface area contributed by atoms with Gasteiger partial charge in [0.25, 0.3) is 0 Å². The minimum absolute atomic E-state index is 0.0339. The van der Waals surface area contributed by atoms with E-state index >= 15 is 0 Å². The molecule has 0 fully saturated rings. The minimum atomic E-state index is -1.40. The predicted molar refractivity (Wildman–Crippen MR) is 57.4 cm³/mol. The van der Waals surface area contributed by atoms with Crippen molar-refractivity contribution in [1.82, 2.24) is 9.96 Å². The number of carbonyl (C=O) groups excluding carboxylic acids is 2. The Morgan fingerprint density at radius 3 is 1.86 bits per heavy atom. The monoisotopic (exact) mass is 213 g/mol. The van der Waals surface area contributed by atoms with E-state index in [1.807, 2.05) is 18.7 Å². The zero-order valence-electron chi connectivity index (χ0n) is 8.89. The molecule has 5 heteroatoms. The van der Waals surface area contributed by atoms with Crippen molar-refractivity contribution in [3.05, 3.63) is 11.8 Å². The first kappa shape index (κ1) is 12.9. The summed E-state index contributed by atoms with van der Waals surface area (Å²) in [6.07, 6.45) is 2.71. The smallest absolute Gasteiger partial charge is 0.326 e. The fourth-order valence-electron chi connectivity index (χ4n) is 0.758. The van der Waals surface area contributed by atoms with E-state index in [-0.39, 0.29) is 11.8 Å². The minimum Gasteiger partial charge on any atom is -0.361 e. The molecular formula is C9H17N2O2Si. The van der Waals surface area contributed by atoms with Crippen LogP contribution in [0.25, 0.3) is 0 Å². The first-order valence-electron chi connectivity index (χ1n) is 4.73. The molecule has 4 nitrogen and oxygen atoms in total. The van der Waals surface area contributed by atoms with Crippen LogP contribution in [0.4, 0.5) is 0 Å². The van der Waals surface area contributed by atoms with Gasteiger partial charge in [0.15, 0.2) is 0 Å². The van der Waals surface area contributed by atoms with Crippen molar-refractivity contribution in [2.24, 2.45) is 0 Å². The molecule has 0 heterocycles. The van der Waals surface area contributed by atoms with E-state index in [1.54, 1.807) is 13.8 Å². The molecule has 0 unspecified atom stereocenters. The summed E-state index contributed by atoms with van der Waals surface area (Å²) in [4.78, 5) is 27.7. The molecule has 79 valence electrons. The van der Waals surface area contributed by atoms with E-state index in [2.05, 4.69) is 9.96 Å². The van der Waals surface area contributed by atoms with Crippen molar-refractivity contribution in [3.63, 3.8) is 0 Å². The fraction of sp³-hybridized carbons (Fsp3) is 0.556. The molecule has 2 N–H and O–H groups in total. The first-order valence-corrected chi connectivity index (χ1v) is 6.31. The van der Waals surface area contributed by atoms with Gasteiger partial charge in [-0.25, -0.2) is 0 Å². The molecule has 0 spiro atoms. The van der Waals surface area contributed by atoms with E-state index in [9.17, 15) is 9.59 Å². The largest absolute Gasteiger partial charge is 0.361 e. The molecule has 0 bridgehead atoms. The average Bonchev–Trinajstić information content (AvgIpc) is 2.17. The topological polar surface area (TPSA) is 58.2 Å². The Hall–Kier alpha value is -1.10. The summed E-state index contributed by atoms with van der Waals surface area (Å²) in [7, 11) is -1.40. The van der Waals surface area contributed by atoms with Crippen molar-refractivity contribution in [3.8, 4) is 0 Å². The fourth-order valence-corrected chi connectivity index (χ4v) is 2.28. The summed E-state index contributed by atoms with van der Waals surface area (Å²) in [5.74, 6) is -0.0678. The third-order valence-corrected chi connectivity index (χ3v) is 3.29. The van der Waals surface area contributed by atoms with Crippen LogP contribution in [0.15, 0.2) is 11.8 Å². The number of rotatable bonds is 5. The molecule has 0 aromatic rings. The van der Waals surface area contributed by atoms with Crippen LogP contribution in [-0.4, -0.2) is 20.9 Å². The zero-order chi connectivity index (χ0) is 11.0. The van der Waals surface area contributed by atoms with E-state index in [1.165, 1.54) is 0 Å². The lowest BCUT2D eigenvalue weighted by atomic mass is 10.5. The summed E-state index contributed by atoms with van der Waals surface area (Å²) in [6.45, 7) is 5.43. The Morgan fingerprint density at radius 1 is 1.14 bits per heavy atom. The zero-order valence-corrected chi connectivity index (χ0v) is 9.89. The van der Waals surface area contributed by atoms with E-state index < -0.39 is 9.12 Å². The highest BCUT2D eigenvalue weighted by atomic mass is 28.3. The van der Waals surface area contributed by atoms with Crippen LogP contribution in [0, 0.1) is 0 Å². The van der Waals surface area contributed by atoms with Crippen LogP contribution in [-0.2, 0) is 9.59 Å². The van der Waals surface area contributed by atoms with E-state index in [0.717, 1.165) is 0 Å². The number of nitrogens with one attached hydrogen (secondary N) is 2. The normalized spacial score (nSPS) is 10.6. The van der Waals surface area contributed by atoms with Gasteiger partial charge in [-0.05, 0) is 6.92 Å². The quantitative estimate of drug-likeness (QED) is 0.659. The summed E-state index contributed by atoms with van der Waals surface area (Å²) in [6, 6.07) is 0. The van der Waals surface area contributed by atoms with Gasteiger partial charge >= 0.3 is 9.12 Å². The summed E-state index contributed by atoms with van der Waals surface area (Å²) in [5.41, 5.74) is 1.84. The van der Waals surface area contributed by atoms with Gasteiger partial charge in [0.1, 0.15) is 0 Å². The molecule has 0 saturated carbocycles. The highest BCUT2D eigenvalue weighted by molar-refractivity contribution is 6.64. The number of carbonyl (C=O) groups is 2. The van der Waals surface area contributed by atoms with Crippen molar-refractivity contribution in [1.29, 1.82) is 0 Å². The lowest BCUT2D eigenvalue weighted by Crippen LogP contribution is -2.51. The van der Waals surface area contributed by atoms with Crippen LogP contribution in [0.2, 0.25) is 0 Å². The second-order valence-corrected chi connectivity index (χ2v) is 4.38. The van der Waals surface area contributed by atoms with E-state index in [0.29, 0.717) is 12.8 Å². The Bertz CT molecular complexity index is 211. The van der Waals surface area contributed by atoms with Gasteiger partial charge in [0.05, 0.1) is 0 Å². The lowest BCUT2D eigenvalue weighted by molar-refractivity contribution is -0.119. The van der Waals surface area contributed by atoms with Crippen LogP contribution in [0.5, 0.6) is 0 Å². The number of hydrogen-bond acceptors (Lipinski definition) is 2. The van der Waals surface area contributed by atoms with Gasteiger partial charge < -0.3 is 9.96 Å². The highest BCUT2D eigenvalue weighted by Crippen LogP contribution is 1.83. The Balaban J connectivity index is 4.15. The average molecular weight is 213 g/mol. The van der Waals surface area contributed by atoms with Crippen molar-refractivity contribution < 1.29 is 9.59 Å². The standard InChI is InChI=1S/C9H17N2O2Si/c1-4-7-14(10-8(12)5-2)11-9(13)6-3/h4,7H,5-6H2,1-3H3,(H,10,12)(H,11,13). The first-order chi connectivity index (χ1) is 6.63. The highest BCUT2D eigenvalue weighted by Gasteiger charge is 2.13. The van der Waals surface area contributed by atoms with Crippen molar-refractivity contribution in [2.75, 3.05) is 0 Å². The van der Waals surface area contributed by atoms with Crippen LogP contribution in [0.1, 0.15) is 33.6 Å². The molecule has 0 aliphatic heterocycles. The van der Waals surface area contributed by atoms with Crippen LogP contribution < -0.4 is 9.96 Å². The molecule has 14 heavy (non-hydrogen) atoms. The Kier molecular flexibility index (Phi) is 6.74. The third kappa shape index (κ3) is 5.53. The molecule has 0 saturated heterocycles. The third-order valence-electron chi connectivity index (χ3n) is 1.52. The summed E-state index contributed by atoms with van der Waals surface area (Å²) in [5, 5.41) is 0. The summed E-state index contributed by atoms with van der Waals surface area (Å²) < 4.78 is 0. The molecule has 0 aliphatic carbocycles. The number of amides is 2. The second kappa shape index (κ2) is 7.31. The molecular weight excluding hydrogens is 196 g/mol. The molecule has 0 atom stereocenters. The Labute approximate surface area is 86.5 Å². The van der Waals surface area contributed by atoms with Gasteiger partial charge in [0, 0.05) is 12.8 Å². The molecule has 1 radical (unpaired) electrons. The van der Waals surface area contributed by atoms with Crippen LogP contribution in [0.3, 0.4) is 0 Å². The SMILES string of the molecule is CC=C[Si](NC(=O)CC)NC(=O)CC. The van der Waals surface area contributed by atoms with Crippen LogP contribution >= 0.6 is 0 Å². The maximum Gasteiger partial charge on any atom is 0.326 e. The molecule has 2 amide bonds. The number of allylic oxidation sites excluding steroid dienone is 1. The van der Waals surface area contributed by atoms with Gasteiger partial charge in [-0.3, -0.25) is 9.59 Å². The van der Waals surface area contributed by atoms with Gasteiger partial charge in [0.2, 0.25) is 11.8 Å². The van der Waals surface area contributed by atoms with Gasteiger partial charge in [-0.15, -0.1) is 0 Å². The maximum atomic E-state index is 11.1. The van der Waals surface area contributed by atoms with Gasteiger partial charge in [-0.1, -0.05) is 25.6 Å². The second-order valence-electron chi connectivity index (χ2n) is 2.72. The molecule has 0 aromatic heterocycles. The predicted octanol–water partition coefficient (Wildman–Crippen LogP) is 0.642. The molecule has 0 aromatic carbocycles. The van der Waals surface area contributed by atoms with Crippen molar-refractivity contribution >= 4 is 20.9 Å².